The van der Waals surface area contributed by atoms with Crippen LogP contribution in [0.15, 0.2) is 26.1 Å². The van der Waals surface area contributed by atoms with Crippen molar-refractivity contribution in [3.63, 3.8) is 0 Å². The fourth-order valence-corrected chi connectivity index (χ4v) is 6.55. The summed E-state index contributed by atoms with van der Waals surface area (Å²) >= 11 is 2.00. The van der Waals surface area contributed by atoms with E-state index in [0.29, 0.717) is 17.3 Å². The van der Waals surface area contributed by atoms with Crippen LogP contribution in [-0.2, 0) is 10.0 Å². The number of furan rings is 1. The standard InChI is InChI=1S/C20H29N5O4S3/c1-8-13(15-10-9-12(2)29-15)21-17-18(23-31-22-17)24(6)14-11-30-19(16(14)26)32(27,28)25(7)20(3,4)5/h9-11,13,26H,8H2,1-7H3,(H,21,22)/t13-/m1/s1. The second-order valence-electron chi connectivity index (χ2n) is 8.45. The van der Waals surface area contributed by atoms with Crippen LogP contribution in [0.2, 0.25) is 0 Å². The lowest BCUT2D eigenvalue weighted by Gasteiger charge is -2.30. The Bertz CT molecular complexity index is 1180. The lowest BCUT2D eigenvalue weighted by molar-refractivity contribution is 0.291. The van der Waals surface area contributed by atoms with Gasteiger partial charge in [0.15, 0.2) is 21.6 Å². The second kappa shape index (κ2) is 9.00. The Morgan fingerprint density at radius 2 is 1.94 bits per heavy atom. The number of rotatable bonds is 8. The largest absolute Gasteiger partial charge is 0.504 e. The smallest absolute Gasteiger partial charge is 0.256 e. The molecule has 3 heterocycles. The van der Waals surface area contributed by atoms with Gasteiger partial charge in [0.05, 0.1) is 23.5 Å². The fourth-order valence-electron chi connectivity index (χ4n) is 3.02. The van der Waals surface area contributed by atoms with Crippen LogP contribution < -0.4 is 10.2 Å². The number of aromatic hydroxyl groups is 1. The average molecular weight is 500 g/mol. The number of anilines is 3. The average Bonchev–Trinajstić information content (AvgIpc) is 3.44. The van der Waals surface area contributed by atoms with Gasteiger partial charge >= 0.3 is 0 Å². The number of thiophene rings is 1. The highest BCUT2D eigenvalue weighted by molar-refractivity contribution is 7.91. The topological polar surface area (TPSA) is 112 Å². The summed E-state index contributed by atoms with van der Waals surface area (Å²) in [6.45, 7) is 9.32. The Hall–Kier alpha value is -2.15. The van der Waals surface area contributed by atoms with Crippen LogP contribution in [0.25, 0.3) is 0 Å². The molecule has 0 saturated heterocycles. The first-order valence-corrected chi connectivity index (χ1v) is 13.1. The van der Waals surface area contributed by atoms with E-state index < -0.39 is 15.6 Å². The van der Waals surface area contributed by atoms with Gasteiger partial charge in [-0.15, -0.1) is 11.3 Å². The van der Waals surface area contributed by atoms with E-state index in [-0.39, 0.29) is 16.0 Å². The molecule has 0 unspecified atom stereocenters. The van der Waals surface area contributed by atoms with Crippen LogP contribution in [0.4, 0.5) is 17.3 Å². The monoisotopic (exact) mass is 499 g/mol. The lowest BCUT2D eigenvalue weighted by Crippen LogP contribution is -2.42. The molecule has 0 spiro atoms. The fraction of sp³-hybridized carbons (Fsp3) is 0.500. The summed E-state index contributed by atoms with van der Waals surface area (Å²) in [7, 11) is -0.643. The van der Waals surface area contributed by atoms with Crippen molar-refractivity contribution in [2.75, 3.05) is 24.3 Å². The maximum atomic E-state index is 13.0. The van der Waals surface area contributed by atoms with Crippen molar-refractivity contribution in [2.24, 2.45) is 0 Å². The number of nitrogens with zero attached hydrogens (tertiary/aromatic N) is 4. The Balaban J connectivity index is 1.91. The van der Waals surface area contributed by atoms with E-state index in [9.17, 15) is 13.5 Å². The van der Waals surface area contributed by atoms with Crippen LogP contribution in [0.5, 0.6) is 5.75 Å². The van der Waals surface area contributed by atoms with E-state index in [2.05, 4.69) is 14.1 Å². The van der Waals surface area contributed by atoms with Crippen molar-refractivity contribution in [3.05, 3.63) is 29.0 Å². The molecule has 1 atom stereocenters. The number of sulfonamides is 1. The van der Waals surface area contributed by atoms with Gasteiger partial charge in [-0.1, -0.05) is 6.92 Å². The van der Waals surface area contributed by atoms with Crippen LogP contribution >= 0.6 is 23.1 Å². The Morgan fingerprint density at radius 1 is 1.25 bits per heavy atom. The molecule has 3 aromatic rings. The normalized spacial score (nSPS) is 13.5. The van der Waals surface area contributed by atoms with E-state index in [1.54, 1.807) is 38.1 Å². The minimum atomic E-state index is -3.86. The number of aryl methyl sites for hydroxylation is 1. The third kappa shape index (κ3) is 4.63. The maximum Gasteiger partial charge on any atom is 0.256 e. The molecule has 0 saturated carbocycles. The molecule has 0 fully saturated rings. The van der Waals surface area contributed by atoms with Gasteiger partial charge in [0, 0.05) is 25.0 Å². The van der Waals surface area contributed by atoms with Gasteiger partial charge in [0.2, 0.25) is 0 Å². The molecule has 0 aliphatic carbocycles. The predicted octanol–water partition coefficient (Wildman–Crippen LogP) is 4.96. The van der Waals surface area contributed by atoms with Crippen molar-refractivity contribution < 1.29 is 17.9 Å². The van der Waals surface area contributed by atoms with Crippen LogP contribution in [-0.4, -0.2) is 46.2 Å². The number of hydrogen-bond donors (Lipinski definition) is 2. The minimum Gasteiger partial charge on any atom is -0.504 e. The van der Waals surface area contributed by atoms with Crippen molar-refractivity contribution in [1.29, 1.82) is 0 Å². The molecular weight excluding hydrogens is 470 g/mol. The van der Waals surface area contributed by atoms with Crippen molar-refractivity contribution in [3.8, 4) is 5.75 Å². The van der Waals surface area contributed by atoms with E-state index in [0.717, 1.165) is 41.0 Å². The summed E-state index contributed by atoms with van der Waals surface area (Å²) in [4.78, 5) is 1.63. The molecule has 32 heavy (non-hydrogen) atoms. The van der Waals surface area contributed by atoms with Crippen molar-refractivity contribution in [2.45, 2.75) is 56.8 Å². The molecule has 0 radical (unpaired) electrons. The lowest BCUT2D eigenvalue weighted by atomic mass is 10.1. The Kier molecular flexibility index (Phi) is 6.89. The molecule has 0 amide bonds. The second-order valence-corrected chi connectivity index (χ2v) is 12.0. The van der Waals surface area contributed by atoms with Gasteiger partial charge < -0.3 is 19.7 Å². The van der Waals surface area contributed by atoms with Gasteiger partial charge in [0.1, 0.15) is 11.5 Å². The molecule has 2 N–H and O–H groups in total. The third-order valence-corrected chi connectivity index (χ3v) is 9.35. The van der Waals surface area contributed by atoms with Gasteiger partial charge in [-0.25, -0.2) is 8.42 Å². The molecule has 0 bridgehead atoms. The zero-order valence-electron chi connectivity index (χ0n) is 19.2. The van der Waals surface area contributed by atoms with E-state index in [1.165, 1.54) is 11.4 Å². The summed E-state index contributed by atoms with van der Waals surface area (Å²) in [5, 5.41) is 15.8. The quantitative estimate of drug-likeness (QED) is 0.447. The summed E-state index contributed by atoms with van der Waals surface area (Å²) in [6, 6.07) is 3.73. The molecular formula is C20H29N5O4S3. The number of hydrogen-bond acceptors (Lipinski definition) is 10. The van der Waals surface area contributed by atoms with Gasteiger partial charge in [-0.2, -0.15) is 13.1 Å². The summed E-state index contributed by atoms with van der Waals surface area (Å²) < 4.78 is 41.7. The SMILES string of the molecule is CC[C@@H](Nc1nsnc1N(C)c1csc(S(=O)(=O)N(C)C(C)(C)C)c1O)c1ccc(C)o1. The Morgan fingerprint density at radius 3 is 2.50 bits per heavy atom. The van der Waals surface area contributed by atoms with Crippen LogP contribution in [0.3, 0.4) is 0 Å². The molecule has 176 valence electrons. The van der Waals surface area contributed by atoms with Gasteiger partial charge in [-0.05, 0) is 46.2 Å². The maximum absolute atomic E-state index is 13.0. The van der Waals surface area contributed by atoms with E-state index in [4.69, 9.17) is 4.42 Å². The first kappa shape index (κ1) is 24.5. The molecule has 0 aliphatic rings. The van der Waals surface area contributed by atoms with Gasteiger partial charge in [0.25, 0.3) is 10.0 Å². The molecule has 0 aliphatic heterocycles. The zero-order valence-corrected chi connectivity index (χ0v) is 21.7. The highest BCUT2D eigenvalue weighted by atomic mass is 32.2. The molecule has 0 aromatic carbocycles. The summed E-state index contributed by atoms with van der Waals surface area (Å²) in [5.41, 5.74) is -0.287. The van der Waals surface area contributed by atoms with Crippen LogP contribution in [0.1, 0.15) is 51.7 Å². The molecule has 9 nitrogen and oxygen atoms in total. The molecule has 3 aromatic heterocycles. The first-order valence-electron chi connectivity index (χ1n) is 10.1. The van der Waals surface area contributed by atoms with Crippen LogP contribution in [0, 0.1) is 6.92 Å². The first-order chi connectivity index (χ1) is 14.9. The molecule has 12 heteroatoms. The minimum absolute atomic E-state index is 0.104. The Labute approximate surface area is 197 Å². The van der Waals surface area contributed by atoms with Crippen molar-refractivity contribution >= 4 is 50.4 Å². The number of aromatic nitrogens is 2. The summed E-state index contributed by atoms with van der Waals surface area (Å²) in [5.74, 6) is 2.33. The van der Waals surface area contributed by atoms with E-state index in [1.807, 2.05) is 26.0 Å². The third-order valence-electron chi connectivity index (χ3n) is 5.23. The van der Waals surface area contributed by atoms with Crippen molar-refractivity contribution in [1.82, 2.24) is 13.1 Å². The predicted molar refractivity (Wildman–Crippen MR) is 129 cm³/mol. The zero-order chi connectivity index (χ0) is 23.8. The highest BCUT2D eigenvalue weighted by Crippen LogP contribution is 2.44. The van der Waals surface area contributed by atoms with E-state index >= 15 is 0 Å². The molecule has 3 rings (SSSR count). The highest BCUT2D eigenvalue weighted by Gasteiger charge is 2.35. The number of nitrogens with one attached hydrogen (secondary N) is 1. The summed E-state index contributed by atoms with van der Waals surface area (Å²) in [6.07, 6.45) is 0.763. The van der Waals surface area contributed by atoms with Gasteiger partial charge in [-0.3, -0.25) is 0 Å².